The van der Waals surface area contributed by atoms with Gasteiger partial charge in [0.25, 0.3) is 0 Å². The second-order valence-electron chi connectivity index (χ2n) is 13.1. The molecule has 7 nitrogen and oxygen atoms in total. The Kier molecular flexibility index (Phi) is 10.9. The van der Waals surface area contributed by atoms with E-state index >= 15 is 0 Å². The number of aliphatic carboxylic acids is 1. The SMILES string of the molecule is O=C(O)[C@H](Cc1ccc(-c2ccccc2)cc1)NC(=O)[C@@H]1Cc2ccc(OCCCc3ccccc3)cc2CN1C(=O)CC1CCCC1. The Balaban J connectivity index is 1.14. The van der Waals surface area contributed by atoms with Crippen molar-refractivity contribution in [3.8, 4) is 16.9 Å². The molecule has 2 N–H and O–H groups in total. The minimum Gasteiger partial charge on any atom is -0.494 e. The number of fused-ring (bicyclic) bond motifs is 1. The maximum absolute atomic E-state index is 13.9. The van der Waals surface area contributed by atoms with E-state index in [0.717, 1.165) is 72.1 Å². The van der Waals surface area contributed by atoms with Crippen molar-refractivity contribution in [2.24, 2.45) is 5.92 Å². The number of hydrogen-bond donors (Lipinski definition) is 2. The second-order valence-corrected chi connectivity index (χ2v) is 13.1. The molecule has 0 saturated heterocycles. The molecule has 1 aliphatic heterocycles. The number of carboxylic acids is 1. The van der Waals surface area contributed by atoms with Gasteiger partial charge in [-0.3, -0.25) is 9.59 Å². The highest BCUT2D eigenvalue weighted by atomic mass is 16.5. The molecule has 4 aromatic rings. The molecule has 6 rings (SSSR count). The Morgan fingerprint density at radius 3 is 2.21 bits per heavy atom. The van der Waals surface area contributed by atoms with E-state index in [-0.39, 0.29) is 12.3 Å². The van der Waals surface area contributed by atoms with Gasteiger partial charge in [0.2, 0.25) is 11.8 Å². The van der Waals surface area contributed by atoms with Crippen LogP contribution in [-0.2, 0) is 40.2 Å². The van der Waals surface area contributed by atoms with Crippen LogP contribution >= 0.6 is 0 Å². The molecule has 1 aliphatic carbocycles. The predicted octanol–water partition coefficient (Wildman–Crippen LogP) is 7.01. The lowest BCUT2D eigenvalue weighted by molar-refractivity contribution is -0.145. The first-order valence-electron chi connectivity index (χ1n) is 17.2. The van der Waals surface area contributed by atoms with E-state index in [1.54, 1.807) is 4.90 Å². The van der Waals surface area contributed by atoms with Gasteiger partial charge >= 0.3 is 5.97 Å². The fourth-order valence-electron chi connectivity index (χ4n) is 7.00. The van der Waals surface area contributed by atoms with Gasteiger partial charge in [0, 0.05) is 25.8 Å². The van der Waals surface area contributed by atoms with Crippen molar-refractivity contribution in [1.29, 1.82) is 0 Å². The van der Waals surface area contributed by atoms with Gasteiger partial charge in [-0.25, -0.2) is 4.79 Å². The molecule has 48 heavy (non-hydrogen) atoms. The molecular weight excluding hydrogens is 600 g/mol. The first-order chi connectivity index (χ1) is 23.4. The van der Waals surface area contributed by atoms with Crippen LogP contribution in [0.15, 0.2) is 103 Å². The van der Waals surface area contributed by atoms with Gasteiger partial charge in [0.1, 0.15) is 17.8 Å². The highest BCUT2D eigenvalue weighted by molar-refractivity contribution is 5.91. The number of aryl methyl sites for hydroxylation is 1. The standard InChI is InChI=1S/C41H44N2O5/c44-39(25-30-12-7-8-13-30)43-28-35-26-36(48-23-9-14-29-10-3-1-4-11-29)22-21-34(35)27-38(43)40(45)42-37(41(46)47)24-31-17-19-33(20-18-31)32-15-5-2-6-16-32/h1-6,10-11,15-22,26,30,37-38H,7-9,12-14,23-25,27-28H2,(H,42,45)(H,46,47)/t37-,38-/m0/s1. The fourth-order valence-corrected chi connectivity index (χ4v) is 7.00. The summed E-state index contributed by atoms with van der Waals surface area (Å²) in [5, 5.41) is 12.9. The molecule has 0 unspecified atom stereocenters. The van der Waals surface area contributed by atoms with Crippen LogP contribution in [-0.4, -0.2) is 46.5 Å². The Hall–Kier alpha value is -4.91. The van der Waals surface area contributed by atoms with E-state index in [4.69, 9.17) is 4.74 Å². The van der Waals surface area contributed by atoms with Crippen molar-refractivity contribution in [2.75, 3.05) is 6.61 Å². The van der Waals surface area contributed by atoms with Crippen LogP contribution in [0.1, 0.15) is 60.8 Å². The maximum atomic E-state index is 13.9. The number of nitrogens with zero attached hydrogens (tertiary/aromatic N) is 1. The zero-order chi connectivity index (χ0) is 33.3. The summed E-state index contributed by atoms with van der Waals surface area (Å²) in [5.41, 5.74) is 6.13. The summed E-state index contributed by atoms with van der Waals surface area (Å²) >= 11 is 0. The first-order valence-corrected chi connectivity index (χ1v) is 17.2. The molecule has 0 radical (unpaired) electrons. The third-order valence-electron chi connectivity index (χ3n) is 9.71. The van der Waals surface area contributed by atoms with E-state index < -0.39 is 24.0 Å². The van der Waals surface area contributed by atoms with Crippen molar-refractivity contribution in [2.45, 2.75) is 76.4 Å². The Labute approximate surface area is 282 Å². The molecule has 4 aromatic carbocycles. The van der Waals surface area contributed by atoms with E-state index in [2.05, 4.69) is 17.4 Å². The largest absolute Gasteiger partial charge is 0.494 e. The third-order valence-corrected chi connectivity index (χ3v) is 9.71. The highest BCUT2D eigenvalue weighted by Crippen LogP contribution is 2.32. The van der Waals surface area contributed by atoms with Gasteiger partial charge in [0.15, 0.2) is 0 Å². The van der Waals surface area contributed by atoms with E-state index in [9.17, 15) is 19.5 Å². The maximum Gasteiger partial charge on any atom is 0.326 e. The van der Waals surface area contributed by atoms with Crippen molar-refractivity contribution in [1.82, 2.24) is 10.2 Å². The van der Waals surface area contributed by atoms with Gasteiger partial charge in [-0.15, -0.1) is 0 Å². The third kappa shape index (κ3) is 8.51. The van der Waals surface area contributed by atoms with Crippen LogP contribution in [0.2, 0.25) is 0 Å². The monoisotopic (exact) mass is 644 g/mol. The lowest BCUT2D eigenvalue weighted by atomic mass is 9.91. The highest BCUT2D eigenvalue weighted by Gasteiger charge is 2.37. The van der Waals surface area contributed by atoms with Gasteiger partial charge in [-0.2, -0.15) is 0 Å². The summed E-state index contributed by atoms with van der Waals surface area (Å²) in [7, 11) is 0. The summed E-state index contributed by atoms with van der Waals surface area (Å²) in [6, 6.07) is 32.0. The Morgan fingerprint density at radius 2 is 1.50 bits per heavy atom. The van der Waals surface area contributed by atoms with Crippen molar-refractivity contribution >= 4 is 17.8 Å². The minimum absolute atomic E-state index is 0.0507. The fraction of sp³-hybridized carbons (Fsp3) is 0.341. The number of carbonyl (C=O) groups excluding carboxylic acids is 2. The summed E-state index contributed by atoms with van der Waals surface area (Å²) in [6.07, 6.45) is 7.00. The Bertz CT molecular complexity index is 1680. The molecule has 1 fully saturated rings. The lowest BCUT2D eigenvalue weighted by Gasteiger charge is -2.37. The van der Waals surface area contributed by atoms with Gasteiger partial charge in [-0.1, -0.05) is 104 Å². The number of rotatable bonds is 13. The number of ether oxygens (including phenoxy) is 1. The number of nitrogens with one attached hydrogen (secondary N) is 1. The van der Waals surface area contributed by atoms with Crippen LogP contribution in [0, 0.1) is 5.92 Å². The molecule has 0 spiro atoms. The quantitative estimate of drug-likeness (QED) is 0.153. The number of hydrogen-bond acceptors (Lipinski definition) is 4. The molecule has 7 heteroatoms. The number of carbonyl (C=O) groups is 3. The summed E-state index contributed by atoms with van der Waals surface area (Å²) < 4.78 is 6.09. The summed E-state index contributed by atoms with van der Waals surface area (Å²) in [6.45, 7) is 0.869. The van der Waals surface area contributed by atoms with Crippen LogP contribution in [0.5, 0.6) is 5.75 Å². The molecule has 248 valence electrons. The average Bonchev–Trinajstić information content (AvgIpc) is 3.63. The molecule has 0 bridgehead atoms. The number of benzene rings is 4. The molecule has 2 amide bonds. The summed E-state index contributed by atoms with van der Waals surface area (Å²) in [5.74, 6) is -0.519. The van der Waals surface area contributed by atoms with E-state index in [0.29, 0.717) is 31.9 Å². The molecule has 2 aliphatic rings. The second kappa shape index (κ2) is 15.8. The molecule has 2 atom stereocenters. The predicted molar refractivity (Wildman–Crippen MR) is 186 cm³/mol. The lowest BCUT2D eigenvalue weighted by Crippen LogP contribution is -2.56. The summed E-state index contributed by atoms with van der Waals surface area (Å²) in [4.78, 5) is 41.7. The van der Waals surface area contributed by atoms with Crippen LogP contribution in [0.3, 0.4) is 0 Å². The zero-order valence-corrected chi connectivity index (χ0v) is 27.4. The minimum atomic E-state index is -1.13. The van der Waals surface area contributed by atoms with E-state index in [1.165, 1.54) is 5.56 Å². The molecular formula is C41H44N2O5. The van der Waals surface area contributed by atoms with Crippen molar-refractivity contribution in [3.63, 3.8) is 0 Å². The topological polar surface area (TPSA) is 95.9 Å². The van der Waals surface area contributed by atoms with E-state index in [1.807, 2.05) is 91.0 Å². The van der Waals surface area contributed by atoms with Gasteiger partial charge in [0.05, 0.1) is 6.61 Å². The average molecular weight is 645 g/mol. The molecule has 1 heterocycles. The van der Waals surface area contributed by atoms with Crippen molar-refractivity contribution in [3.05, 3.63) is 125 Å². The van der Waals surface area contributed by atoms with Crippen LogP contribution < -0.4 is 10.1 Å². The van der Waals surface area contributed by atoms with Crippen molar-refractivity contribution < 1.29 is 24.2 Å². The normalized spacial score (nSPS) is 16.6. The van der Waals surface area contributed by atoms with Crippen LogP contribution in [0.25, 0.3) is 11.1 Å². The number of carboxylic acid groups (broad SMARTS) is 1. The van der Waals surface area contributed by atoms with Gasteiger partial charge in [-0.05, 0) is 77.1 Å². The van der Waals surface area contributed by atoms with Crippen LogP contribution in [0.4, 0.5) is 0 Å². The number of amides is 2. The molecule has 0 aromatic heterocycles. The van der Waals surface area contributed by atoms with Gasteiger partial charge < -0.3 is 20.1 Å². The molecule has 1 saturated carbocycles. The zero-order valence-electron chi connectivity index (χ0n) is 27.4. The smallest absolute Gasteiger partial charge is 0.326 e. The Morgan fingerprint density at radius 1 is 0.812 bits per heavy atom. The first kappa shape index (κ1) is 33.0.